The summed E-state index contributed by atoms with van der Waals surface area (Å²) in [5.74, 6) is 6.86. The van der Waals surface area contributed by atoms with Gasteiger partial charge in [-0.05, 0) is 31.0 Å². The lowest BCUT2D eigenvalue weighted by Crippen LogP contribution is -2.39. The number of nitrogens with one attached hydrogen (secondary N) is 1. The van der Waals surface area contributed by atoms with E-state index >= 15 is 0 Å². The monoisotopic (exact) mass is 213 g/mol. The van der Waals surface area contributed by atoms with E-state index in [0.29, 0.717) is 12.0 Å². The first-order chi connectivity index (χ1) is 7.86. The van der Waals surface area contributed by atoms with E-state index in [1.165, 1.54) is 17.5 Å². The van der Waals surface area contributed by atoms with Gasteiger partial charge in [0.05, 0.1) is 0 Å². The van der Waals surface area contributed by atoms with E-state index in [9.17, 15) is 0 Å². The van der Waals surface area contributed by atoms with Crippen LogP contribution in [0.2, 0.25) is 0 Å². The number of hydrogen-bond donors (Lipinski definition) is 1. The van der Waals surface area contributed by atoms with Crippen molar-refractivity contribution < 1.29 is 0 Å². The summed E-state index contributed by atoms with van der Waals surface area (Å²) in [5, 5.41) is 3.56. The van der Waals surface area contributed by atoms with Crippen molar-refractivity contribution in [2.24, 2.45) is 0 Å². The van der Waals surface area contributed by atoms with Crippen LogP contribution in [-0.4, -0.2) is 12.6 Å². The smallest absolute Gasteiger partial charge is 0.0249 e. The molecule has 0 spiro atoms. The molecule has 0 radical (unpaired) electrons. The lowest BCUT2D eigenvalue weighted by atomic mass is 9.72. The Morgan fingerprint density at radius 3 is 2.94 bits per heavy atom. The van der Waals surface area contributed by atoms with E-state index in [-0.39, 0.29) is 0 Å². The van der Waals surface area contributed by atoms with E-state index < -0.39 is 0 Å². The third-order valence-electron chi connectivity index (χ3n) is 3.35. The predicted molar refractivity (Wildman–Crippen MR) is 68.4 cm³/mol. The zero-order chi connectivity index (χ0) is 11.4. The van der Waals surface area contributed by atoms with Crippen molar-refractivity contribution in [3.05, 3.63) is 35.4 Å². The van der Waals surface area contributed by atoms with Gasteiger partial charge in [0.1, 0.15) is 0 Å². The summed E-state index contributed by atoms with van der Waals surface area (Å²) in [6.45, 7) is 5.10. The van der Waals surface area contributed by atoms with E-state index in [1.807, 2.05) is 6.92 Å². The van der Waals surface area contributed by atoms with Gasteiger partial charge in [-0.25, -0.2) is 0 Å². The van der Waals surface area contributed by atoms with Crippen LogP contribution in [0.25, 0.3) is 0 Å². The zero-order valence-electron chi connectivity index (χ0n) is 10.1. The normalized spacial score (nSPS) is 19.0. The van der Waals surface area contributed by atoms with Crippen LogP contribution in [0.15, 0.2) is 24.3 Å². The van der Waals surface area contributed by atoms with E-state index in [1.54, 1.807) is 0 Å². The molecule has 16 heavy (non-hydrogen) atoms. The maximum absolute atomic E-state index is 3.56. The Hall–Kier alpha value is -1.26. The average molecular weight is 213 g/mol. The van der Waals surface area contributed by atoms with Gasteiger partial charge < -0.3 is 5.32 Å². The molecule has 0 aromatic heterocycles. The molecular formula is C15H19N. The van der Waals surface area contributed by atoms with Crippen LogP contribution in [0, 0.1) is 11.8 Å². The highest BCUT2D eigenvalue weighted by Gasteiger charge is 2.31. The molecule has 0 fully saturated rings. The van der Waals surface area contributed by atoms with Crippen LogP contribution < -0.4 is 5.32 Å². The van der Waals surface area contributed by atoms with Gasteiger partial charge in [0.25, 0.3) is 0 Å². The number of rotatable bonds is 4. The number of likely N-dealkylation sites (N-methyl/N-ethyl adjacent to an activating group) is 1. The minimum atomic E-state index is 0.521. The minimum Gasteiger partial charge on any atom is -0.313 e. The van der Waals surface area contributed by atoms with Gasteiger partial charge in [-0.2, -0.15) is 0 Å². The summed E-state index contributed by atoms with van der Waals surface area (Å²) in [6, 6.07) is 9.28. The number of benzene rings is 1. The van der Waals surface area contributed by atoms with Crippen molar-refractivity contribution in [2.45, 2.75) is 38.6 Å². The molecule has 0 aliphatic heterocycles. The van der Waals surface area contributed by atoms with Crippen molar-refractivity contribution in [3.8, 4) is 11.8 Å². The standard InChI is InChI=1S/C15H19N/c1-3-5-10-15(16-4-2)14-11-12-8-6-7-9-13(12)14/h6-9,14-16H,4,10-11H2,1-2H3. The van der Waals surface area contributed by atoms with Gasteiger partial charge in [0.2, 0.25) is 0 Å². The Labute approximate surface area is 98.3 Å². The molecule has 1 nitrogen and oxygen atoms in total. The van der Waals surface area contributed by atoms with Gasteiger partial charge in [-0.15, -0.1) is 11.8 Å². The molecule has 1 aromatic carbocycles. The molecule has 1 heteroatoms. The summed E-state index contributed by atoms with van der Waals surface area (Å²) in [4.78, 5) is 0. The molecule has 1 aliphatic carbocycles. The van der Waals surface area contributed by atoms with Gasteiger partial charge in [0.15, 0.2) is 0 Å². The zero-order valence-corrected chi connectivity index (χ0v) is 10.1. The maximum Gasteiger partial charge on any atom is 0.0249 e. The first kappa shape index (κ1) is 11.2. The van der Waals surface area contributed by atoms with Gasteiger partial charge in [-0.1, -0.05) is 31.2 Å². The van der Waals surface area contributed by atoms with Crippen molar-refractivity contribution in [1.29, 1.82) is 0 Å². The second-order valence-electron chi connectivity index (χ2n) is 4.30. The van der Waals surface area contributed by atoms with E-state index in [0.717, 1.165) is 13.0 Å². The lowest BCUT2D eigenvalue weighted by Gasteiger charge is -2.36. The van der Waals surface area contributed by atoms with Crippen molar-refractivity contribution >= 4 is 0 Å². The first-order valence-corrected chi connectivity index (χ1v) is 6.07. The molecule has 84 valence electrons. The summed E-state index contributed by atoms with van der Waals surface area (Å²) in [5.41, 5.74) is 3.03. The van der Waals surface area contributed by atoms with Crippen LogP contribution in [0.3, 0.4) is 0 Å². The van der Waals surface area contributed by atoms with Crippen molar-refractivity contribution in [1.82, 2.24) is 5.32 Å². The third kappa shape index (κ3) is 2.13. The van der Waals surface area contributed by atoms with Crippen LogP contribution in [0.4, 0.5) is 0 Å². The van der Waals surface area contributed by atoms with Crippen LogP contribution in [0.5, 0.6) is 0 Å². The highest BCUT2D eigenvalue weighted by molar-refractivity contribution is 5.41. The first-order valence-electron chi connectivity index (χ1n) is 6.07. The Bertz CT molecular complexity index is 411. The predicted octanol–water partition coefficient (Wildman–Crippen LogP) is 2.72. The molecule has 0 heterocycles. The molecule has 2 unspecified atom stereocenters. The molecule has 0 saturated carbocycles. The molecule has 0 saturated heterocycles. The average Bonchev–Trinajstić information content (AvgIpc) is 2.27. The fourth-order valence-corrected chi connectivity index (χ4v) is 2.49. The molecule has 0 amide bonds. The summed E-state index contributed by atoms with van der Waals surface area (Å²) in [6.07, 6.45) is 2.17. The quantitative estimate of drug-likeness (QED) is 0.758. The molecule has 1 N–H and O–H groups in total. The molecule has 1 aliphatic rings. The van der Waals surface area contributed by atoms with Crippen molar-refractivity contribution in [3.63, 3.8) is 0 Å². The van der Waals surface area contributed by atoms with Crippen LogP contribution in [0.1, 0.15) is 37.3 Å². The lowest BCUT2D eigenvalue weighted by molar-refractivity contribution is 0.413. The summed E-state index contributed by atoms with van der Waals surface area (Å²) in [7, 11) is 0. The van der Waals surface area contributed by atoms with Crippen molar-refractivity contribution in [2.75, 3.05) is 6.54 Å². The Morgan fingerprint density at radius 1 is 1.44 bits per heavy atom. The molecule has 2 atom stereocenters. The summed E-state index contributed by atoms with van der Waals surface area (Å²) >= 11 is 0. The Balaban J connectivity index is 2.08. The minimum absolute atomic E-state index is 0.521. The summed E-state index contributed by atoms with van der Waals surface area (Å²) < 4.78 is 0. The van der Waals surface area contributed by atoms with Crippen LogP contribution in [-0.2, 0) is 6.42 Å². The largest absolute Gasteiger partial charge is 0.313 e. The molecule has 0 bridgehead atoms. The van der Waals surface area contributed by atoms with Gasteiger partial charge in [-0.3, -0.25) is 0 Å². The number of hydrogen-bond acceptors (Lipinski definition) is 1. The topological polar surface area (TPSA) is 12.0 Å². The molecular weight excluding hydrogens is 194 g/mol. The fourth-order valence-electron chi connectivity index (χ4n) is 2.49. The molecule has 1 aromatic rings. The fraction of sp³-hybridized carbons (Fsp3) is 0.467. The van der Waals surface area contributed by atoms with E-state index in [2.05, 4.69) is 48.3 Å². The second-order valence-corrected chi connectivity index (χ2v) is 4.30. The Morgan fingerprint density at radius 2 is 2.25 bits per heavy atom. The third-order valence-corrected chi connectivity index (χ3v) is 3.35. The van der Waals surface area contributed by atoms with E-state index in [4.69, 9.17) is 0 Å². The number of fused-ring (bicyclic) bond motifs is 1. The SMILES string of the molecule is CC#CCC(NCC)C1Cc2ccccc21. The highest BCUT2D eigenvalue weighted by atomic mass is 14.9. The van der Waals surface area contributed by atoms with Gasteiger partial charge in [0, 0.05) is 18.4 Å². The molecule has 2 rings (SSSR count). The second kappa shape index (κ2) is 5.18. The van der Waals surface area contributed by atoms with Crippen LogP contribution >= 0.6 is 0 Å². The maximum atomic E-state index is 3.56. The van der Waals surface area contributed by atoms with Gasteiger partial charge >= 0.3 is 0 Å². The Kier molecular flexibility index (Phi) is 3.64. The highest BCUT2D eigenvalue weighted by Crippen LogP contribution is 2.38.